The zero-order chi connectivity index (χ0) is 9.97. The Morgan fingerprint density at radius 1 is 1.29 bits per heavy atom. The Morgan fingerprint density at radius 3 is 2.57 bits per heavy atom. The van der Waals surface area contributed by atoms with Crippen LogP contribution in [0.2, 0.25) is 0 Å². The number of aromatic amines is 1. The van der Waals surface area contributed by atoms with Gasteiger partial charge in [-0.15, -0.1) is 0 Å². The van der Waals surface area contributed by atoms with Crippen molar-refractivity contribution in [2.24, 2.45) is 0 Å². The molecular weight excluding hydrogens is 178 g/mol. The summed E-state index contributed by atoms with van der Waals surface area (Å²) >= 11 is 0. The average Bonchev–Trinajstić information content (AvgIpc) is 2.65. The Bertz CT molecular complexity index is 410. The summed E-state index contributed by atoms with van der Waals surface area (Å²) in [5.41, 5.74) is 0.798. The largest absolute Gasteiger partial charge is 0.380 e. The fourth-order valence-corrected chi connectivity index (χ4v) is 1.27. The first kappa shape index (κ1) is 8.90. The van der Waals surface area contributed by atoms with Gasteiger partial charge in [-0.3, -0.25) is 5.10 Å². The van der Waals surface area contributed by atoms with Crippen LogP contribution in [-0.2, 0) is 0 Å². The van der Waals surface area contributed by atoms with Gasteiger partial charge < -0.3 is 5.11 Å². The molecule has 0 saturated heterocycles. The van der Waals surface area contributed by atoms with Crippen LogP contribution in [0.1, 0.15) is 23.3 Å². The zero-order valence-corrected chi connectivity index (χ0v) is 7.81. The second kappa shape index (κ2) is 3.59. The van der Waals surface area contributed by atoms with Gasteiger partial charge in [0, 0.05) is 0 Å². The predicted molar refractivity (Wildman–Crippen MR) is 51.6 cm³/mol. The minimum Gasteiger partial charge on any atom is -0.380 e. The molecule has 2 N–H and O–H groups in total. The van der Waals surface area contributed by atoms with Gasteiger partial charge in [-0.05, 0) is 12.5 Å². The van der Waals surface area contributed by atoms with E-state index in [-0.39, 0.29) is 0 Å². The summed E-state index contributed by atoms with van der Waals surface area (Å²) in [5, 5.41) is 16.5. The van der Waals surface area contributed by atoms with Gasteiger partial charge in [0.2, 0.25) is 0 Å². The van der Waals surface area contributed by atoms with Crippen LogP contribution in [0.5, 0.6) is 0 Å². The summed E-state index contributed by atoms with van der Waals surface area (Å²) in [6.45, 7) is 1.80. The molecule has 4 heteroatoms. The number of hydrogen-bond donors (Lipinski definition) is 2. The molecule has 0 aliphatic carbocycles. The van der Waals surface area contributed by atoms with Crippen molar-refractivity contribution in [3.63, 3.8) is 0 Å². The van der Waals surface area contributed by atoms with Crippen molar-refractivity contribution in [3.05, 3.63) is 47.5 Å². The number of aliphatic hydroxyl groups is 1. The maximum absolute atomic E-state index is 9.86. The highest BCUT2D eigenvalue weighted by molar-refractivity contribution is 5.22. The lowest BCUT2D eigenvalue weighted by atomic mass is 10.1. The van der Waals surface area contributed by atoms with E-state index in [0.717, 1.165) is 5.56 Å². The third-order valence-electron chi connectivity index (χ3n) is 1.97. The molecule has 1 unspecified atom stereocenters. The van der Waals surface area contributed by atoms with Crippen LogP contribution in [0.3, 0.4) is 0 Å². The second-order valence-electron chi connectivity index (χ2n) is 3.09. The van der Waals surface area contributed by atoms with Crippen molar-refractivity contribution >= 4 is 0 Å². The molecule has 0 radical (unpaired) electrons. The van der Waals surface area contributed by atoms with E-state index in [4.69, 9.17) is 0 Å². The number of aryl methyl sites for hydroxylation is 1. The normalized spacial score (nSPS) is 12.7. The van der Waals surface area contributed by atoms with E-state index < -0.39 is 6.10 Å². The third-order valence-corrected chi connectivity index (χ3v) is 1.97. The van der Waals surface area contributed by atoms with E-state index >= 15 is 0 Å². The zero-order valence-electron chi connectivity index (χ0n) is 7.81. The van der Waals surface area contributed by atoms with E-state index in [0.29, 0.717) is 11.6 Å². The molecule has 0 fully saturated rings. The van der Waals surface area contributed by atoms with Gasteiger partial charge in [-0.25, -0.2) is 4.98 Å². The Hall–Kier alpha value is -1.68. The Labute approximate surface area is 81.6 Å². The van der Waals surface area contributed by atoms with Crippen LogP contribution in [0, 0.1) is 6.92 Å². The van der Waals surface area contributed by atoms with Crippen LogP contribution in [0.15, 0.2) is 30.3 Å². The first-order chi connectivity index (χ1) is 6.77. The van der Waals surface area contributed by atoms with Crippen molar-refractivity contribution in [1.82, 2.24) is 15.2 Å². The maximum atomic E-state index is 9.86. The fraction of sp³-hybridized carbons (Fsp3) is 0.200. The number of aromatic nitrogens is 3. The lowest BCUT2D eigenvalue weighted by Crippen LogP contribution is -2.01. The Kier molecular flexibility index (Phi) is 2.28. The lowest BCUT2D eigenvalue weighted by Gasteiger charge is -2.05. The molecule has 2 rings (SSSR count). The van der Waals surface area contributed by atoms with Gasteiger partial charge in [0.25, 0.3) is 0 Å². The number of H-pyrrole nitrogens is 1. The molecule has 14 heavy (non-hydrogen) atoms. The molecule has 1 aromatic heterocycles. The summed E-state index contributed by atoms with van der Waals surface area (Å²) in [7, 11) is 0. The number of nitrogens with one attached hydrogen (secondary N) is 1. The van der Waals surface area contributed by atoms with Crippen molar-refractivity contribution in [2.75, 3.05) is 0 Å². The fourth-order valence-electron chi connectivity index (χ4n) is 1.27. The lowest BCUT2D eigenvalue weighted by molar-refractivity contribution is 0.210. The maximum Gasteiger partial charge on any atom is 0.183 e. The summed E-state index contributed by atoms with van der Waals surface area (Å²) in [6, 6.07) is 9.34. The van der Waals surface area contributed by atoms with Gasteiger partial charge in [-0.2, -0.15) is 5.10 Å². The molecule has 0 aliphatic rings. The first-order valence-electron chi connectivity index (χ1n) is 4.39. The highest BCUT2D eigenvalue weighted by atomic mass is 16.3. The first-order valence-corrected chi connectivity index (χ1v) is 4.39. The standard InChI is InChI=1S/C10H11N3O/c1-7-11-10(13-12-7)9(14)8-5-3-2-4-6-8/h2-6,9,14H,1H3,(H,11,12,13). The van der Waals surface area contributed by atoms with Gasteiger partial charge in [0.1, 0.15) is 11.9 Å². The van der Waals surface area contributed by atoms with Crippen molar-refractivity contribution in [2.45, 2.75) is 13.0 Å². The number of benzene rings is 1. The van der Waals surface area contributed by atoms with Crippen LogP contribution in [0.25, 0.3) is 0 Å². The van der Waals surface area contributed by atoms with Crippen LogP contribution in [0.4, 0.5) is 0 Å². The third kappa shape index (κ3) is 1.65. The monoisotopic (exact) mass is 189 g/mol. The van der Waals surface area contributed by atoms with E-state index in [1.54, 1.807) is 6.92 Å². The molecule has 1 aromatic carbocycles. The van der Waals surface area contributed by atoms with E-state index in [1.165, 1.54) is 0 Å². The van der Waals surface area contributed by atoms with Gasteiger partial charge in [0.15, 0.2) is 5.82 Å². The smallest absolute Gasteiger partial charge is 0.183 e. The van der Waals surface area contributed by atoms with E-state index in [9.17, 15) is 5.11 Å². The molecule has 0 aliphatic heterocycles. The topological polar surface area (TPSA) is 61.8 Å². The summed E-state index contributed by atoms with van der Waals surface area (Å²) in [5.74, 6) is 1.11. The van der Waals surface area contributed by atoms with Crippen molar-refractivity contribution in [1.29, 1.82) is 0 Å². The summed E-state index contributed by atoms with van der Waals surface area (Å²) in [6.07, 6.45) is -0.749. The molecule has 1 atom stereocenters. The summed E-state index contributed by atoms with van der Waals surface area (Å²) < 4.78 is 0. The highest BCUT2D eigenvalue weighted by Crippen LogP contribution is 2.17. The van der Waals surface area contributed by atoms with Gasteiger partial charge in [-0.1, -0.05) is 30.3 Å². The molecule has 72 valence electrons. The van der Waals surface area contributed by atoms with Gasteiger partial charge >= 0.3 is 0 Å². The molecular formula is C10H11N3O. The average molecular weight is 189 g/mol. The number of aliphatic hydroxyl groups excluding tert-OH is 1. The minimum atomic E-state index is -0.749. The number of hydrogen-bond acceptors (Lipinski definition) is 3. The second-order valence-corrected chi connectivity index (χ2v) is 3.09. The molecule has 0 saturated carbocycles. The molecule has 0 bridgehead atoms. The number of rotatable bonds is 2. The van der Waals surface area contributed by atoms with Crippen molar-refractivity contribution in [3.8, 4) is 0 Å². The molecule has 2 aromatic rings. The minimum absolute atomic E-state index is 0.411. The SMILES string of the molecule is Cc1nc(C(O)c2ccccc2)n[nH]1. The van der Waals surface area contributed by atoms with Crippen LogP contribution in [-0.4, -0.2) is 20.3 Å². The molecule has 0 spiro atoms. The number of nitrogens with zero attached hydrogens (tertiary/aromatic N) is 2. The van der Waals surface area contributed by atoms with Crippen molar-refractivity contribution < 1.29 is 5.11 Å². The predicted octanol–water partition coefficient (Wildman–Crippen LogP) is 1.19. The Balaban J connectivity index is 2.29. The quantitative estimate of drug-likeness (QED) is 0.746. The Morgan fingerprint density at radius 2 is 2.00 bits per heavy atom. The van der Waals surface area contributed by atoms with E-state index in [2.05, 4.69) is 15.2 Å². The van der Waals surface area contributed by atoms with E-state index in [1.807, 2.05) is 30.3 Å². The summed E-state index contributed by atoms with van der Waals surface area (Å²) in [4.78, 5) is 4.07. The highest BCUT2D eigenvalue weighted by Gasteiger charge is 2.13. The van der Waals surface area contributed by atoms with Crippen LogP contribution < -0.4 is 0 Å². The van der Waals surface area contributed by atoms with Crippen LogP contribution >= 0.6 is 0 Å². The molecule has 0 amide bonds. The molecule has 4 nitrogen and oxygen atoms in total. The van der Waals surface area contributed by atoms with Gasteiger partial charge in [0.05, 0.1) is 0 Å². The molecule has 1 heterocycles.